The summed E-state index contributed by atoms with van der Waals surface area (Å²) in [5.74, 6) is 1.12. The number of hydrogen-bond donors (Lipinski definition) is 2. The number of pyridine rings is 1. The highest BCUT2D eigenvalue weighted by Gasteiger charge is 2.16. The minimum absolute atomic E-state index is 0.0758. The molecule has 3 aromatic heterocycles. The lowest BCUT2D eigenvalue weighted by Crippen LogP contribution is -2.11. The molecule has 3 aromatic rings. The van der Waals surface area contributed by atoms with Gasteiger partial charge in [-0.15, -0.1) is 10.2 Å². The van der Waals surface area contributed by atoms with Crippen molar-refractivity contribution in [2.45, 2.75) is 40.2 Å². The maximum absolute atomic E-state index is 10.9. The summed E-state index contributed by atoms with van der Waals surface area (Å²) in [5, 5.41) is 14.4. The van der Waals surface area contributed by atoms with Crippen LogP contribution in [0.4, 0.5) is 11.8 Å². The minimum atomic E-state index is -0.417. The molecule has 0 saturated heterocycles. The first-order valence-electron chi connectivity index (χ1n) is 9.77. The quantitative estimate of drug-likeness (QED) is 0.481. The van der Waals surface area contributed by atoms with Gasteiger partial charge in [0.1, 0.15) is 5.82 Å². The predicted octanol–water partition coefficient (Wildman–Crippen LogP) is 2.77. The van der Waals surface area contributed by atoms with E-state index in [4.69, 9.17) is 9.15 Å². The van der Waals surface area contributed by atoms with Gasteiger partial charge in [-0.1, -0.05) is 6.92 Å². The molecule has 0 fully saturated rings. The number of carbonyl (C=O) groups excluding carboxylic acids is 1. The van der Waals surface area contributed by atoms with Crippen molar-refractivity contribution >= 4 is 17.7 Å². The number of rotatable bonds is 10. The standard InChI is InChI=1S/C20H25N7O3/c1-4-7-22-18-16(19-27-26-17(30-19)12-29-14(3)28)11-24-20(25-18)23-9-6-15-10-13(2)5-8-21-15/h5,8,10-11H,4,6-7,9,12H2,1-3H3,(H2,22,23,24,25). The fraction of sp³-hybridized carbons (Fsp3) is 0.400. The van der Waals surface area contributed by atoms with Crippen molar-refractivity contribution < 1.29 is 13.9 Å². The molecule has 0 unspecified atom stereocenters. The molecular weight excluding hydrogens is 386 g/mol. The van der Waals surface area contributed by atoms with E-state index < -0.39 is 5.97 Å². The number of ether oxygens (including phenoxy) is 1. The van der Waals surface area contributed by atoms with E-state index in [0.717, 1.165) is 25.1 Å². The Kier molecular flexibility index (Phi) is 7.25. The third-order valence-corrected chi connectivity index (χ3v) is 4.06. The van der Waals surface area contributed by atoms with E-state index in [1.165, 1.54) is 12.5 Å². The van der Waals surface area contributed by atoms with Gasteiger partial charge < -0.3 is 19.8 Å². The van der Waals surface area contributed by atoms with E-state index in [9.17, 15) is 4.79 Å². The summed E-state index contributed by atoms with van der Waals surface area (Å²) in [6.07, 6.45) is 5.12. The Bertz CT molecular complexity index is 990. The second-order valence-electron chi connectivity index (χ2n) is 6.67. The van der Waals surface area contributed by atoms with Crippen LogP contribution in [0, 0.1) is 6.92 Å². The second kappa shape index (κ2) is 10.3. The monoisotopic (exact) mass is 411 g/mol. The zero-order valence-corrected chi connectivity index (χ0v) is 17.3. The Morgan fingerprint density at radius 2 is 2.07 bits per heavy atom. The first kappa shape index (κ1) is 21.2. The predicted molar refractivity (Wildman–Crippen MR) is 111 cm³/mol. The number of esters is 1. The number of nitrogens with one attached hydrogen (secondary N) is 2. The summed E-state index contributed by atoms with van der Waals surface area (Å²) in [7, 11) is 0. The molecule has 158 valence electrons. The van der Waals surface area contributed by atoms with Crippen molar-refractivity contribution in [1.29, 1.82) is 0 Å². The summed E-state index contributed by atoms with van der Waals surface area (Å²) >= 11 is 0. The Balaban J connectivity index is 1.70. The molecule has 2 N–H and O–H groups in total. The molecule has 0 aliphatic heterocycles. The summed E-state index contributed by atoms with van der Waals surface area (Å²) in [4.78, 5) is 24.2. The summed E-state index contributed by atoms with van der Waals surface area (Å²) in [6.45, 7) is 6.72. The number of aryl methyl sites for hydroxylation is 1. The topological polar surface area (TPSA) is 128 Å². The molecule has 0 spiro atoms. The van der Waals surface area contributed by atoms with Crippen LogP contribution >= 0.6 is 0 Å². The second-order valence-corrected chi connectivity index (χ2v) is 6.67. The SMILES string of the molecule is CCCNc1nc(NCCc2cc(C)ccn2)ncc1-c1nnc(COC(C)=O)o1. The fourth-order valence-electron chi connectivity index (χ4n) is 2.62. The molecule has 3 rings (SSSR count). The summed E-state index contributed by atoms with van der Waals surface area (Å²) in [5.41, 5.74) is 2.77. The third-order valence-electron chi connectivity index (χ3n) is 4.06. The van der Waals surface area contributed by atoms with Crippen LogP contribution < -0.4 is 10.6 Å². The van der Waals surface area contributed by atoms with Crippen LogP contribution in [0.15, 0.2) is 28.9 Å². The van der Waals surface area contributed by atoms with Crippen molar-refractivity contribution in [3.8, 4) is 11.5 Å². The summed E-state index contributed by atoms with van der Waals surface area (Å²) in [6, 6.07) is 4.03. The van der Waals surface area contributed by atoms with E-state index >= 15 is 0 Å². The van der Waals surface area contributed by atoms with Crippen molar-refractivity contribution in [3.05, 3.63) is 41.7 Å². The van der Waals surface area contributed by atoms with Crippen molar-refractivity contribution in [1.82, 2.24) is 25.1 Å². The average Bonchev–Trinajstić information content (AvgIpc) is 3.20. The number of carbonyl (C=O) groups is 1. The van der Waals surface area contributed by atoms with Crippen LogP contribution in [-0.2, 0) is 22.6 Å². The van der Waals surface area contributed by atoms with Crippen LogP contribution in [0.1, 0.15) is 37.4 Å². The highest BCUT2D eigenvalue weighted by Crippen LogP contribution is 2.26. The van der Waals surface area contributed by atoms with E-state index in [-0.39, 0.29) is 18.4 Å². The maximum atomic E-state index is 10.9. The first-order chi connectivity index (χ1) is 14.5. The van der Waals surface area contributed by atoms with Gasteiger partial charge in [-0.05, 0) is 31.0 Å². The zero-order valence-electron chi connectivity index (χ0n) is 17.3. The van der Waals surface area contributed by atoms with E-state index in [2.05, 4.69) is 48.8 Å². The number of aromatic nitrogens is 5. The number of hydrogen-bond acceptors (Lipinski definition) is 10. The van der Waals surface area contributed by atoms with Gasteiger partial charge >= 0.3 is 5.97 Å². The van der Waals surface area contributed by atoms with Gasteiger partial charge in [0.25, 0.3) is 11.8 Å². The van der Waals surface area contributed by atoms with Gasteiger partial charge in [0.05, 0.1) is 5.56 Å². The van der Waals surface area contributed by atoms with E-state index in [1.54, 1.807) is 6.20 Å². The van der Waals surface area contributed by atoms with Gasteiger partial charge in [0.2, 0.25) is 5.95 Å². The number of nitrogens with zero attached hydrogens (tertiary/aromatic N) is 5. The number of anilines is 2. The average molecular weight is 411 g/mol. The molecule has 30 heavy (non-hydrogen) atoms. The molecule has 0 aromatic carbocycles. The van der Waals surface area contributed by atoms with Crippen LogP contribution in [-0.4, -0.2) is 44.2 Å². The lowest BCUT2D eigenvalue weighted by atomic mass is 10.2. The molecule has 0 atom stereocenters. The molecule has 0 radical (unpaired) electrons. The van der Waals surface area contributed by atoms with Crippen molar-refractivity contribution in [2.24, 2.45) is 0 Å². The fourth-order valence-corrected chi connectivity index (χ4v) is 2.62. The molecule has 10 heteroatoms. The molecule has 10 nitrogen and oxygen atoms in total. The molecule has 0 aliphatic rings. The van der Waals surface area contributed by atoms with Gasteiger partial charge in [0.15, 0.2) is 6.61 Å². The van der Waals surface area contributed by atoms with Gasteiger partial charge in [-0.25, -0.2) is 4.98 Å². The smallest absolute Gasteiger partial charge is 0.303 e. The molecule has 0 bridgehead atoms. The third kappa shape index (κ3) is 5.97. The van der Waals surface area contributed by atoms with Gasteiger partial charge in [-0.2, -0.15) is 4.98 Å². The highest BCUT2D eigenvalue weighted by atomic mass is 16.5. The molecule has 0 aliphatic carbocycles. The Morgan fingerprint density at radius 3 is 2.83 bits per heavy atom. The van der Waals surface area contributed by atoms with Crippen LogP contribution in [0.5, 0.6) is 0 Å². The lowest BCUT2D eigenvalue weighted by molar-refractivity contribution is -0.142. The molecular formula is C20H25N7O3. The van der Waals surface area contributed by atoms with Crippen molar-refractivity contribution in [2.75, 3.05) is 23.7 Å². The molecule has 0 saturated carbocycles. The summed E-state index contributed by atoms with van der Waals surface area (Å²) < 4.78 is 10.5. The molecule has 3 heterocycles. The first-order valence-corrected chi connectivity index (χ1v) is 9.77. The van der Waals surface area contributed by atoms with Crippen LogP contribution in [0.2, 0.25) is 0 Å². The maximum Gasteiger partial charge on any atom is 0.303 e. The Labute approximate surface area is 174 Å². The highest BCUT2D eigenvalue weighted by molar-refractivity contribution is 5.69. The van der Waals surface area contributed by atoms with Crippen molar-refractivity contribution in [3.63, 3.8) is 0 Å². The normalized spacial score (nSPS) is 10.6. The van der Waals surface area contributed by atoms with Gasteiger partial charge in [0, 0.05) is 44.5 Å². The zero-order chi connectivity index (χ0) is 21.3. The van der Waals surface area contributed by atoms with Crippen LogP contribution in [0.25, 0.3) is 11.5 Å². The molecule has 0 amide bonds. The Morgan fingerprint density at radius 1 is 1.20 bits per heavy atom. The van der Waals surface area contributed by atoms with E-state index in [0.29, 0.717) is 23.9 Å². The lowest BCUT2D eigenvalue weighted by Gasteiger charge is -2.10. The van der Waals surface area contributed by atoms with Gasteiger partial charge in [-0.3, -0.25) is 9.78 Å². The van der Waals surface area contributed by atoms with Crippen LogP contribution in [0.3, 0.4) is 0 Å². The largest absolute Gasteiger partial charge is 0.456 e. The minimum Gasteiger partial charge on any atom is -0.456 e. The van der Waals surface area contributed by atoms with E-state index in [1.807, 2.05) is 19.2 Å². The Hall–Kier alpha value is -3.56.